The molecule has 0 aliphatic heterocycles. The van der Waals surface area contributed by atoms with E-state index in [0.29, 0.717) is 11.6 Å². The van der Waals surface area contributed by atoms with Crippen molar-refractivity contribution in [2.75, 3.05) is 17.9 Å². The van der Waals surface area contributed by atoms with Gasteiger partial charge in [-0.25, -0.2) is 15.6 Å². The van der Waals surface area contributed by atoms with Crippen LogP contribution in [0.3, 0.4) is 0 Å². The molecule has 0 radical (unpaired) electrons. The number of nitrogens with two attached hydrogens (primary N) is 1. The molecule has 0 aliphatic carbocycles. The number of anilines is 2. The van der Waals surface area contributed by atoms with Crippen molar-refractivity contribution < 1.29 is 9.53 Å². The number of rotatable bonds is 4. The maximum Gasteiger partial charge on any atom is 0.328 e. The highest BCUT2D eigenvalue weighted by Gasteiger charge is 2.13. The van der Waals surface area contributed by atoms with Gasteiger partial charge in [-0.1, -0.05) is 0 Å². The van der Waals surface area contributed by atoms with Gasteiger partial charge in [0.2, 0.25) is 0 Å². The number of nitrogens with zero attached hydrogens (tertiary/aromatic N) is 2. The topological polar surface area (TPSA) is 102 Å². The highest BCUT2D eigenvalue weighted by atomic mass is 16.5. The first-order chi connectivity index (χ1) is 7.17. The summed E-state index contributed by atoms with van der Waals surface area (Å²) < 4.78 is 4.55. The van der Waals surface area contributed by atoms with Gasteiger partial charge in [0.25, 0.3) is 0 Å². The van der Waals surface area contributed by atoms with Crippen LogP contribution in [0, 0.1) is 0 Å². The lowest BCUT2D eigenvalue weighted by Gasteiger charge is -2.11. The van der Waals surface area contributed by atoms with Crippen LogP contribution >= 0.6 is 0 Å². The number of esters is 1. The number of nitrogen functional groups attached to an aromatic ring is 1. The Kier molecular flexibility index (Phi) is 3.81. The quantitative estimate of drug-likeness (QED) is 0.358. The fourth-order valence-electron chi connectivity index (χ4n) is 0.963. The SMILES string of the molecule is COC(=O)C(C)Nc1cncc(NN)n1. The van der Waals surface area contributed by atoms with Crippen molar-refractivity contribution in [1.29, 1.82) is 0 Å². The molecule has 15 heavy (non-hydrogen) atoms. The Hall–Kier alpha value is -1.89. The molecule has 4 N–H and O–H groups in total. The van der Waals surface area contributed by atoms with E-state index in [2.05, 4.69) is 25.4 Å². The number of hydrazine groups is 1. The number of ether oxygens (including phenoxy) is 1. The predicted molar refractivity (Wildman–Crippen MR) is 54.9 cm³/mol. The van der Waals surface area contributed by atoms with Gasteiger partial charge in [-0.15, -0.1) is 0 Å². The van der Waals surface area contributed by atoms with Gasteiger partial charge in [0.1, 0.15) is 11.9 Å². The number of aromatic nitrogens is 2. The van der Waals surface area contributed by atoms with Gasteiger partial charge >= 0.3 is 5.97 Å². The molecule has 1 aromatic heterocycles. The number of carbonyl (C=O) groups is 1. The van der Waals surface area contributed by atoms with Crippen molar-refractivity contribution >= 4 is 17.6 Å². The van der Waals surface area contributed by atoms with Crippen LogP contribution in [0.1, 0.15) is 6.92 Å². The van der Waals surface area contributed by atoms with Crippen LogP contribution in [0.4, 0.5) is 11.6 Å². The smallest absolute Gasteiger partial charge is 0.328 e. The molecule has 7 heteroatoms. The van der Waals surface area contributed by atoms with Crippen LogP contribution in [-0.2, 0) is 9.53 Å². The van der Waals surface area contributed by atoms with Gasteiger partial charge in [-0.05, 0) is 6.92 Å². The second kappa shape index (κ2) is 5.11. The lowest BCUT2D eigenvalue weighted by atomic mass is 10.3. The summed E-state index contributed by atoms with van der Waals surface area (Å²) in [4.78, 5) is 19.0. The molecule has 82 valence electrons. The minimum atomic E-state index is -0.489. The zero-order valence-corrected chi connectivity index (χ0v) is 8.52. The largest absolute Gasteiger partial charge is 0.467 e. The predicted octanol–water partition coefficient (Wildman–Crippen LogP) is -0.264. The monoisotopic (exact) mass is 211 g/mol. The summed E-state index contributed by atoms with van der Waals surface area (Å²) in [6.07, 6.45) is 2.95. The Labute approximate surface area is 87.0 Å². The van der Waals surface area contributed by atoms with Gasteiger partial charge in [0.05, 0.1) is 19.5 Å². The van der Waals surface area contributed by atoms with Crippen LogP contribution in [-0.4, -0.2) is 29.1 Å². The number of carbonyl (C=O) groups excluding carboxylic acids is 1. The second-order valence-electron chi connectivity index (χ2n) is 2.82. The van der Waals surface area contributed by atoms with E-state index in [1.165, 1.54) is 19.5 Å². The standard InChI is InChI=1S/C8H13N5O2/c1-5(8(14)15-2)11-6-3-10-4-7(12-6)13-9/h3-5H,9H2,1-2H3,(H2,11,12,13). The molecule has 1 atom stereocenters. The Morgan fingerprint density at radius 2 is 2.20 bits per heavy atom. The Morgan fingerprint density at radius 1 is 1.53 bits per heavy atom. The average Bonchev–Trinajstić information content (AvgIpc) is 2.28. The lowest BCUT2D eigenvalue weighted by molar-refractivity contribution is -0.141. The van der Waals surface area contributed by atoms with E-state index in [-0.39, 0.29) is 5.97 Å². The van der Waals surface area contributed by atoms with Crippen molar-refractivity contribution in [2.24, 2.45) is 5.84 Å². The maximum atomic E-state index is 11.1. The molecule has 0 saturated heterocycles. The summed E-state index contributed by atoms with van der Waals surface area (Å²) in [5.74, 6) is 5.65. The third-order valence-electron chi connectivity index (χ3n) is 1.70. The van der Waals surface area contributed by atoms with Gasteiger partial charge in [-0.3, -0.25) is 4.98 Å². The van der Waals surface area contributed by atoms with Crippen LogP contribution in [0.5, 0.6) is 0 Å². The molecule has 0 spiro atoms. The first-order valence-electron chi connectivity index (χ1n) is 4.30. The van der Waals surface area contributed by atoms with Crippen LogP contribution < -0.4 is 16.6 Å². The van der Waals surface area contributed by atoms with Crippen LogP contribution in [0.2, 0.25) is 0 Å². The van der Waals surface area contributed by atoms with E-state index in [9.17, 15) is 4.79 Å². The third-order valence-corrected chi connectivity index (χ3v) is 1.70. The molecular weight excluding hydrogens is 198 g/mol. The summed E-state index contributed by atoms with van der Waals surface area (Å²) in [5.41, 5.74) is 2.35. The molecular formula is C8H13N5O2. The minimum absolute atomic E-state index is 0.372. The molecule has 1 aromatic rings. The van der Waals surface area contributed by atoms with Gasteiger partial charge < -0.3 is 15.5 Å². The number of nitrogens with one attached hydrogen (secondary N) is 2. The third kappa shape index (κ3) is 3.06. The lowest BCUT2D eigenvalue weighted by Crippen LogP contribution is -2.27. The highest BCUT2D eigenvalue weighted by molar-refractivity contribution is 5.78. The summed E-state index contributed by atoms with van der Waals surface area (Å²) in [6, 6.07) is -0.489. The molecule has 0 amide bonds. The van der Waals surface area contributed by atoms with E-state index in [1.807, 2.05) is 0 Å². The highest BCUT2D eigenvalue weighted by Crippen LogP contribution is 2.06. The second-order valence-corrected chi connectivity index (χ2v) is 2.82. The van der Waals surface area contributed by atoms with Gasteiger partial charge in [0, 0.05) is 0 Å². The number of hydrogen-bond acceptors (Lipinski definition) is 7. The zero-order valence-electron chi connectivity index (χ0n) is 8.52. The Morgan fingerprint density at radius 3 is 2.80 bits per heavy atom. The molecule has 0 aromatic carbocycles. The normalized spacial score (nSPS) is 11.7. The summed E-state index contributed by atoms with van der Waals surface area (Å²) in [6.45, 7) is 1.66. The molecule has 0 bridgehead atoms. The van der Waals surface area contributed by atoms with Crippen LogP contribution in [0.25, 0.3) is 0 Å². The Balaban J connectivity index is 2.67. The first kappa shape index (κ1) is 11.2. The minimum Gasteiger partial charge on any atom is -0.467 e. The van der Waals surface area contributed by atoms with E-state index >= 15 is 0 Å². The summed E-state index contributed by atoms with van der Waals surface area (Å²) in [5, 5.41) is 2.82. The molecule has 1 unspecified atom stereocenters. The first-order valence-corrected chi connectivity index (χ1v) is 4.30. The fourth-order valence-corrected chi connectivity index (χ4v) is 0.963. The molecule has 0 fully saturated rings. The molecule has 0 saturated carbocycles. The molecule has 1 rings (SSSR count). The molecule has 0 aliphatic rings. The van der Waals surface area contributed by atoms with Gasteiger partial charge in [0.15, 0.2) is 5.82 Å². The van der Waals surface area contributed by atoms with E-state index in [1.54, 1.807) is 6.92 Å². The fraction of sp³-hybridized carbons (Fsp3) is 0.375. The molecule has 1 heterocycles. The number of hydrogen-bond donors (Lipinski definition) is 3. The van der Waals surface area contributed by atoms with Crippen molar-refractivity contribution in [3.05, 3.63) is 12.4 Å². The van der Waals surface area contributed by atoms with Crippen molar-refractivity contribution in [3.63, 3.8) is 0 Å². The molecule has 7 nitrogen and oxygen atoms in total. The van der Waals surface area contributed by atoms with E-state index in [4.69, 9.17) is 5.84 Å². The Bertz CT molecular complexity index is 344. The average molecular weight is 211 g/mol. The summed E-state index contributed by atoms with van der Waals surface area (Å²) >= 11 is 0. The number of methoxy groups -OCH3 is 1. The zero-order chi connectivity index (χ0) is 11.3. The van der Waals surface area contributed by atoms with Crippen molar-refractivity contribution in [2.45, 2.75) is 13.0 Å². The van der Waals surface area contributed by atoms with E-state index in [0.717, 1.165) is 0 Å². The van der Waals surface area contributed by atoms with Crippen LogP contribution in [0.15, 0.2) is 12.4 Å². The van der Waals surface area contributed by atoms with E-state index < -0.39 is 6.04 Å². The maximum absolute atomic E-state index is 11.1. The van der Waals surface area contributed by atoms with Gasteiger partial charge in [-0.2, -0.15) is 0 Å². The van der Waals surface area contributed by atoms with Crippen molar-refractivity contribution in [3.8, 4) is 0 Å². The van der Waals surface area contributed by atoms with Crippen molar-refractivity contribution in [1.82, 2.24) is 9.97 Å². The summed E-state index contributed by atoms with van der Waals surface area (Å²) in [7, 11) is 1.32.